The molecule has 2 aromatic rings. The highest BCUT2D eigenvalue weighted by molar-refractivity contribution is 6.31. The molecule has 0 saturated carbocycles. The average molecular weight is 196 g/mol. The summed E-state index contributed by atoms with van der Waals surface area (Å²) < 4.78 is 1.53. The molecule has 0 aliphatic rings. The van der Waals surface area contributed by atoms with Crippen molar-refractivity contribution in [1.29, 1.82) is 0 Å². The number of carbonyl (C=O) groups excluding carboxylic acids is 1. The molecule has 0 unspecified atom stereocenters. The molecule has 0 fully saturated rings. The predicted octanol–water partition coefficient (Wildman–Crippen LogP) is 1.28. The highest BCUT2D eigenvalue weighted by Gasteiger charge is 2.03. The summed E-state index contributed by atoms with van der Waals surface area (Å²) in [5, 5.41) is 8.29. The molecule has 0 N–H and O–H groups in total. The molecule has 13 heavy (non-hydrogen) atoms. The summed E-state index contributed by atoms with van der Waals surface area (Å²) in [6, 6.07) is 5.25. The van der Waals surface area contributed by atoms with Crippen LogP contribution in [-0.4, -0.2) is 21.3 Å². The zero-order chi connectivity index (χ0) is 9.26. The van der Waals surface area contributed by atoms with E-state index in [2.05, 4.69) is 10.3 Å². The fourth-order valence-corrected chi connectivity index (χ4v) is 1.32. The van der Waals surface area contributed by atoms with Gasteiger partial charge in [0.1, 0.15) is 11.8 Å². The molecule has 4 nitrogen and oxygen atoms in total. The van der Waals surface area contributed by atoms with E-state index in [0.717, 1.165) is 11.8 Å². The normalized spacial score (nSPS) is 10.5. The van der Waals surface area contributed by atoms with Gasteiger partial charge < -0.3 is 4.79 Å². The van der Waals surface area contributed by atoms with Crippen LogP contribution in [0.25, 0.3) is 11.0 Å². The van der Waals surface area contributed by atoms with Crippen LogP contribution in [0.4, 0.5) is 0 Å². The molecular formula is C8H6ClN3O. The van der Waals surface area contributed by atoms with Crippen molar-refractivity contribution < 1.29 is 4.79 Å². The van der Waals surface area contributed by atoms with E-state index >= 15 is 0 Å². The smallest absolute Gasteiger partial charge is 0.141 e. The van der Waals surface area contributed by atoms with E-state index in [-0.39, 0.29) is 6.54 Å². The van der Waals surface area contributed by atoms with Crippen LogP contribution in [0, 0.1) is 0 Å². The number of benzene rings is 1. The second-order valence-corrected chi connectivity index (χ2v) is 3.01. The summed E-state index contributed by atoms with van der Waals surface area (Å²) >= 11 is 5.76. The first-order valence-corrected chi connectivity index (χ1v) is 4.11. The minimum atomic E-state index is 0.220. The first-order valence-electron chi connectivity index (χ1n) is 3.73. The Morgan fingerprint density at radius 1 is 1.54 bits per heavy atom. The Hall–Kier alpha value is -1.42. The predicted molar refractivity (Wildman–Crippen MR) is 48.6 cm³/mol. The van der Waals surface area contributed by atoms with Crippen LogP contribution in [0.15, 0.2) is 18.2 Å². The van der Waals surface area contributed by atoms with E-state index in [0.29, 0.717) is 10.5 Å². The molecule has 66 valence electrons. The molecule has 1 aromatic heterocycles. The van der Waals surface area contributed by atoms with E-state index in [1.807, 2.05) is 0 Å². The fraction of sp³-hybridized carbons (Fsp3) is 0.125. The maximum absolute atomic E-state index is 10.3. The number of hydrogen-bond acceptors (Lipinski definition) is 3. The number of hydrogen-bond donors (Lipinski definition) is 0. The van der Waals surface area contributed by atoms with Crippen molar-refractivity contribution in [3.05, 3.63) is 23.2 Å². The number of nitrogens with zero attached hydrogens (tertiary/aromatic N) is 3. The molecule has 2 rings (SSSR count). The second-order valence-electron chi connectivity index (χ2n) is 2.57. The van der Waals surface area contributed by atoms with Gasteiger partial charge in [-0.25, -0.2) is 4.68 Å². The topological polar surface area (TPSA) is 47.8 Å². The van der Waals surface area contributed by atoms with Crippen molar-refractivity contribution >= 4 is 28.9 Å². The number of fused-ring (bicyclic) bond motifs is 1. The van der Waals surface area contributed by atoms with E-state index in [9.17, 15) is 4.79 Å². The van der Waals surface area contributed by atoms with Gasteiger partial charge in [-0.15, -0.1) is 5.10 Å². The first kappa shape index (κ1) is 8.19. The Bertz CT molecular complexity index is 452. The Morgan fingerprint density at radius 3 is 3.15 bits per heavy atom. The standard InChI is InChI=1S/C8H6ClN3O/c9-6-1-2-8-7(5-6)10-11-12(8)3-4-13/h1-2,4-5H,3H2. The quantitative estimate of drug-likeness (QED) is 0.679. The van der Waals surface area contributed by atoms with Crippen LogP contribution in [0.2, 0.25) is 5.02 Å². The van der Waals surface area contributed by atoms with Crippen molar-refractivity contribution in [3.63, 3.8) is 0 Å². The summed E-state index contributed by atoms with van der Waals surface area (Å²) in [5.41, 5.74) is 1.52. The third-order valence-corrected chi connectivity index (χ3v) is 1.96. The van der Waals surface area contributed by atoms with E-state index < -0.39 is 0 Å². The van der Waals surface area contributed by atoms with Crippen LogP contribution < -0.4 is 0 Å². The Balaban J connectivity index is 2.61. The van der Waals surface area contributed by atoms with Crippen LogP contribution in [0.5, 0.6) is 0 Å². The van der Waals surface area contributed by atoms with Gasteiger partial charge in [0.15, 0.2) is 0 Å². The number of halogens is 1. The lowest BCUT2D eigenvalue weighted by Crippen LogP contribution is -2.00. The van der Waals surface area contributed by atoms with Crippen molar-refractivity contribution in [3.8, 4) is 0 Å². The highest BCUT2D eigenvalue weighted by Crippen LogP contribution is 2.16. The van der Waals surface area contributed by atoms with E-state index in [1.54, 1.807) is 18.2 Å². The van der Waals surface area contributed by atoms with Crippen molar-refractivity contribution in [2.75, 3.05) is 0 Å². The molecule has 0 radical (unpaired) electrons. The lowest BCUT2D eigenvalue weighted by Gasteiger charge is -1.94. The van der Waals surface area contributed by atoms with Gasteiger partial charge in [-0.2, -0.15) is 0 Å². The summed E-state index contributed by atoms with van der Waals surface area (Å²) in [6.07, 6.45) is 0.780. The SMILES string of the molecule is O=CCn1nnc2cc(Cl)ccc21. The molecule has 0 spiro atoms. The summed E-state index contributed by atoms with van der Waals surface area (Å²) in [5.74, 6) is 0. The van der Waals surface area contributed by atoms with Crippen LogP contribution >= 0.6 is 11.6 Å². The Labute approximate surface area is 79.1 Å². The number of carbonyl (C=O) groups is 1. The van der Waals surface area contributed by atoms with Gasteiger partial charge in [0.25, 0.3) is 0 Å². The molecule has 0 aliphatic carbocycles. The Morgan fingerprint density at radius 2 is 2.38 bits per heavy atom. The summed E-state index contributed by atoms with van der Waals surface area (Å²) in [6.45, 7) is 0.220. The molecule has 0 amide bonds. The minimum absolute atomic E-state index is 0.220. The third kappa shape index (κ3) is 1.40. The van der Waals surface area contributed by atoms with E-state index in [4.69, 9.17) is 11.6 Å². The number of rotatable bonds is 2. The van der Waals surface area contributed by atoms with Gasteiger partial charge >= 0.3 is 0 Å². The molecule has 1 aromatic carbocycles. The average Bonchev–Trinajstić information content (AvgIpc) is 2.49. The molecule has 5 heteroatoms. The molecule has 1 heterocycles. The first-order chi connectivity index (χ1) is 6.31. The maximum Gasteiger partial charge on any atom is 0.141 e. The zero-order valence-electron chi connectivity index (χ0n) is 6.64. The largest absolute Gasteiger partial charge is 0.301 e. The van der Waals surface area contributed by atoms with Gasteiger partial charge in [-0.05, 0) is 18.2 Å². The molecule has 0 atom stereocenters. The van der Waals surface area contributed by atoms with Gasteiger partial charge in [0.2, 0.25) is 0 Å². The van der Waals surface area contributed by atoms with Crippen LogP contribution in [-0.2, 0) is 11.3 Å². The van der Waals surface area contributed by atoms with Crippen molar-refractivity contribution in [1.82, 2.24) is 15.0 Å². The number of aldehydes is 1. The third-order valence-electron chi connectivity index (χ3n) is 1.72. The zero-order valence-corrected chi connectivity index (χ0v) is 7.40. The fourth-order valence-electron chi connectivity index (χ4n) is 1.15. The van der Waals surface area contributed by atoms with Gasteiger partial charge in [-0.1, -0.05) is 16.8 Å². The lowest BCUT2D eigenvalue weighted by atomic mass is 10.3. The van der Waals surface area contributed by atoms with Crippen LogP contribution in [0.1, 0.15) is 0 Å². The summed E-state index contributed by atoms with van der Waals surface area (Å²) in [4.78, 5) is 10.3. The van der Waals surface area contributed by atoms with Gasteiger partial charge in [0.05, 0.1) is 12.1 Å². The molecular weight excluding hydrogens is 190 g/mol. The van der Waals surface area contributed by atoms with Crippen LogP contribution in [0.3, 0.4) is 0 Å². The van der Waals surface area contributed by atoms with Crippen molar-refractivity contribution in [2.45, 2.75) is 6.54 Å². The molecule has 0 aliphatic heterocycles. The van der Waals surface area contributed by atoms with E-state index in [1.165, 1.54) is 4.68 Å². The lowest BCUT2D eigenvalue weighted by molar-refractivity contribution is -0.108. The minimum Gasteiger partial charge on any atom is -0.301 e. The molecule has 0 saturated heterocycles. The highest BCUT2D eigenvalue weighted by atomic mass is 35.5. The van der Waals surface area contributed by atoms with Gasteiger partial charge in [-0.3, -0.25) is 0 Å². The second kappa shape index (κ2) is 3.14. The molecule has 0 bridgehead atoms. The monoisotopic (exact) mass is 195 g/mol. The Kier molecular flexibility index (Phi) is 1.98. The van der Waals surface area contributed by atoms with Gasteiger partial charge in [0, 0.05) is 5.02 Å². The maximum atomic E-state index is 10.3. The summed E-state index contributed by atoms with van der Waals surface area (Å²) in [7, 11) is 0. The van der Waals surface area contributed by atoms with Crippen molar-refractivity contribution in [2.24, 2.45) is 0 Å². The number of aromatic nitrogens is 3.